The zero-order valence-corrected chi connectivity index (χ0v) is 16.2. The predicted molar refractivity (Wildman–Crippen MR) is 116 cm³/mol. The van der Waals surface area contributed by atoms with Gasteiger partial charge in [-0.1, -0.05) is 72.8 Å². The molecule has 4 rings (SSSR count). The summed E-state index contributed by atoms with van der Waals surface area (Å²) >= 11 is 0. The molecule has 5 heteroatoms. The monoisotopic (exact) mass is 396 g/mol. The number of fused-ring (bicyclic) bond motifs is 1. The van der Waals surface area contributed by atoms with E-state index in [4.69, 9.17) is 0 Å². The molecule has 0 aliphatic rings. The van der Waals surface area contributed by atoms with Gasteiger partial charge in [-0.25, -0.2) is 4.79 Å². The molecule has 1 atom stereocenters. The molecule has 0 saturated carbocycles. The van der Waals surface area contributed by atoms with E-state index in [-0.39, 0.29) is 6.42 Å². The van der Waals surface area contributed by atoms with E-state index < -0.39 is 17.9 Å². The summed E-state index contributed by atoms with van der Waals surface area (Å²) in [4.78, 5) is 28.8. The number of rotatable bonds is 6. The van der Waals surface area contributed by atoms with Crippen molar-refractivity contribution < 1.29 is 14.7 Å². The van der Waals surface area contributed by atoms with Gasteiger partial charge in [0.15, 0.2) is 0 Å². The zero-order chi connectivity index (χ0) is 20.9. The van der Waals surface area contributed by atoms with Gasteiger partial charge in [-0.05, 0) is 28.8 Å². The van der Waals surface area contributed by atoms with Crippen LogP contribution in [-0.2, 0) is 11.2 Å². The molecule has 0 fully saturated rings. The Morgan fingerprint density at radius 2 is 1.50 bits per heavy atom. The topological polar surface area (TPSA) is 79.3 Å². The number of hydrogen-bond acceptors (Lipinski definition) is 3. The van der Waals surface area contributed by atoms with E-state index in [1.165, 1.54) is 0 Å². The maximum Gasteiger partial charge on any atom is 0.326 e. The smallest absolute Gasteiger partial charge is 0.326 e. The van der Waals surface area contributed by atoms with Crippen LogP contribution in [0.25, 0.3) is 22.0 Å². The average Bonchev–Trinajstić information content (AvgIpc) is 2.79. The third kappa shape index (κ3) is 4.20. The first-order valence-electron chi connectivity index (χ1n) is 9.63. The highest BCUT2D eigenvalue weighted by Gasteiger charge is 2.22. The minimum Gasteiger partial charge on any atom is -0.480 e. The lowest BCUT2D eigenvalue weighted by Crippen LogP contribution is -2.42. The van der Waals surface area contributed by atoms with Gasteiger partial charge in [-0.15, -0.1) is 0 Å². The van der Waals surface area contributed by atoms with Crippen LogP contribution in [0.4, 0.5) is 0 Å². The first kappa shape index (κ1) is 19.3. The number of aliphatic carboxylic acids is 1. The van der Waals surface area contributed by atoms with Crippen LogP contribution in [-0.4, -0.2) is 28.0 Å². The highest BCUT2D eigenvalue weighted by Crippen LogP contribution is 2.20. The molecule has 148 valence electrons. The second kappa shape index (κ2) is 8.57. The van der Waals surface area contributed by atoms with Crippen molar-refractivity contribution in [1.82, 2.24) is 10.3 Å². The van der Waals surface area contributed by atoms with Gasteiger partial charge in [0.1, 0.15) is 6.04 Å². The van der Waals surface area contributed by atoms with E-state index in [1.807, 2.05) is 72.8 Å². The summed E-state index contributed by atoms with van der Waals surface area (Å²) < 4.78 is 0. The van der Waals surface area contributed by atoms with Gasteiger partial charge >= 0.3 is 5.97 Å². The minimum absolute atomic E-state index is 0.194. The molecule has 0 bridgehead atoms. The van der Waals surface area contributed by atoms with Crippen LogP contribution < -0.4 is 5.32 Å². The number of nitrogens with zero attached hydrogens (tertiary/aromatic N) is 1. The van der Waals surface area contributed by atoms with Crippen LogP contribution in [0.15, 0.2) is 91.1 Å². The lowest BCUT2D eigenvalue weighted by molar-refractivity contribution is -0.139. The van der Waals surface area contributed by atoms with Gasteiger partial charge in [0, 0.05) is 18.0 Å². The molecular weight excluding hydrogens is 376 g/mol. The van der Waals surface area contributed by atoms with Crippen molar-refractivity contribution in [1.29, 1.82) is 0 Å². The summed E-state index contributed by atoms with van der Waals surface area (Å²) in [7, 11) is 0. The standard InChI is InChI=1S/C25H20N2O3/c28-24(21-14-15-26-22-9-5-4-8-20(21)22)27-23(25(29)30)16-17-10-12-19(13-11-17)18-6-2-1-3-7-18/h1-15,23H,16H2,(H,27,28)(H,29,30)/t23-/m1/s1. The number of benzene rings is 3. The molecule has 0 spiro atoms. The number of hydrogen-bond donors (Lipinski definition) is 2. The van der Waals surface area contributed by atoms with Crippen LogP contribution in [0.5, 0.6) is 0 Å². The Morgan fingerprint density at radius 1 is 0.833 bits per heavy atom. The molecule has 0 radical (unpaired) electrons. The molecule has 0 aliphatic carbocycles. The van der Waals surface area contributed by atoms with E-state index in [0.717, 1.165) is 16.7 Å². The third-order valence-corrected chi connectivity index (χ3v) is 5.00. The summed E-state index contributed by atoms with van der Waals surface area (Å²) in [6.07, 6.45) is 1.74. The summed E-state index contributed by atoms with van der Waals surface area (Å²) in [6, 6.07) is 25.5. The summed E-state index contributed by atoms with van der Waals surface area (Å²) in [5.41, 5.74) is 4.08. The first-order chi connectivity index (χ1) is 14.6. The van der Waals surface area contributed by atoms with Crippen molar-refractivity contribution in [2.75, 3.05) is 0 Å². The van der Waals surface area contributed by atoms with Crippen molar-refractivity contribution in [3.63, 3.8) is 0 Å². The molecule has 4 aromatic rings. The number of para-hydroxylation sites is 1. The Balaban J connectivity index is 1.52. The fourth-order valence-electron chi connectivity index (χ4n) is 3.43. The third-order valence-electron chi connectivity index (χ3n) is 5.00. The Bertz CT molecular complexity index is 1180. The Morgan fingerprint density at radius 3 is 2.23 bits per heavy atom. The van der Waals surface area contributed by atoms with Crippen molar-refractivity contribution in [3.8, 4) is 11.1 Å². The second-order valence-corrected chi connectivity index (χ2v) is 7.01. The van der Waals surface area contributed by atoms with Gasteiger partial charge in [0.25, 0.3) is 5.91 Å². The number of amides is 1. The first-order valence-corrected chi connectivity index (χ1v) is 9.63. The lowest BCUT2D eigenvalue weighted by atomic mass is 10.0. The van der Waals surface area contributed by atoms with Crippen LogP contribution in [0.1, 0.15) is 15.9 Å². The quantitative estimate of drug-likeness (QED) is 0.508. The predicted octanol–water partition coefficient (Wildman–Crippen LogP) is 4.33. The molecule has 1 amide bonds. The average molecular weight is 396 g/mol. The van der Waals surface area contributed by atoms with Crippen LogP contribution in [0, 0.1) is 0 Å². The Hall–Kier alpha value is -3.99. The molecule has 2 N–H and O–H groups in total. The van der Waals surface area contributed by atoms with E-state index in [0.29, 0.717) is 16.5 Å². The number of nitrogens with one attached hydrogen (secondary N) is 1. The molecular formula is C25H20N2O3. The number of carbonyl (C=O) groups is 2. The van der Waals surface area contributed by atoms with Crippen LogP contribution in [0.3, 0.4) is 0 Å². The van der Waals surface area contributed by atoms with E-state index in [2.05, 4.69) is 10.3 Å². The number of pyridine rings is 1. The zero-order valence-electron chi connectivity index (χ0n) is 16.2. The number of carboxylic acid groups (broad SMARTS) is 1. The SMILES string of the molecule is O=C(N[C@H](Cc1ccc(-c2ccccc2)cc1)C(=O)O)c1ccnc2ccccc12. The molecule has 0 aliphatic heterocycles. The fraction of sp³-hybridized carbons (Fsp3) is 0.0800. The van der Waals surface area contributed by atoms with E-state index >= 15 is 0 Å². The summed E-state index contributed by atoms with van der Waals surface area (Å²) in [5.74, 6) is -1.50. The van der Waals surface area contributed by atoms with Gasteiger partial charge in [-0.3, -0.25) is 9.78 Å². The van der Waals surface area contributed by atoms with Crippen molar-refractivity contribution in [2.45, 2.75) is 12.5 Å². The van der Waals surface area contributed by atoms with Crippen molar-refractivity contribution in [2.24, 2.45) is 0 Å². The maximum absolute atomic E-state index is 12.8. The van der Waals surface area contributed by atoms with Gasteiger partial charge < -0.3 is 10.4 Å². The minimum atomic E-state index is -1.08. The molecule has 5 nitrogen and oxygen atoms in total. The number of aromatic nitrogens is 1. The van der Waals surface area contributed by atoms with Crippen molar-refractivity contribution in [3.05, 3.63) is 102 Å². The summed E-state index contributed by atoms with van der Waals surface area (Å²) in [5, 5.41) is 13.0. The van der Waals surface area contributed by atoms with Crippen molar-refractivity contribution >= 4 is 22.8 Å². The molecule has 30 heavy (non-hydrogen) atoms. The van der Waals surface area contributed by atoms with Crippen LogP contribution in [0.2, 0.25) is 0 Å². The van der Waals surface area contributed by atoms with Gasteiger partial charge in [0.2, 0.25) is 0 Å². The lowest BCUT2D eigenvalue weighted by Gasteiger charge is -2.16. The van der Waals surface area contributed by atoms with Crippen LogP contribution >= 0.6 is 0 Å². The normalized spacial score (nSPS) is 11.7. The number of carboxylic acids is 1. The highest BCUT2D eigenvalue weighted by atomic mass is 16.4. The van der Waals surface area contributed by atoms with E-state index in [9.17, 15) is 14.7 Å². The number of carbonyl (C=O) groups excluding carboxylic acids is 1. The van der Waals surface area contributed by atoms with Gasteiger partial charge in [0.05, 0.1) is 11.1 Å². The fourth-order valence-corrected chi connectivity index (χ4v) is 3.43. The highest BCUT2D eigenvalue weighted by molar-refractivity contribution is 6.06. The Labute approximate surface area is 174 Å². The maximum atomic E-state index is 12.8. The summed E-state index contributed by atoms with van der Waals surface area (Å²) in [6.45, 7) is 0. The molecule has 0 unspecified atom stereocenters. The second-order valence-electron chi connectivity index (χ2n) is 7.01. The Kier molecular flexibility index (Phi) is 5.52. The molecule has 0 saturated heterocycles. The van der Waals surface area contributed by atoms with E-state index in [1.54, 1.807) is 18.3 Å². The molecule has 1 aromatic heterocycles. The van der Waals surface area contributed by atoms with Gasteiger partial charge in [-0.2, -0.15) is 0 Å². The molecule has 3 aromatic carbocycles. The molecule has 1 heterocycles. The largest absolute Gasteiger partial charge is 0.480 e.